The molecule has 0 aliphatic carbocycles. The number of hydrogen-bond acceptors (Lipinski definition) is 3. The molecule has 0 amide bonds. The Morgan fingerprint density at radius 3 is 2.18 bits per heavy atom. The summed E-state index contributed by atoms with van der Waals surface area (Å²) in [5, 5.41) is 0. The van der Waals surface area contributed by atoms with E-state index >= 15 is 0 Å². The van der Waals surface area contributed by atoms with E-state index in [2.05, 4.69) is 52.3 Å². The van der Waals surface area contributed by atoms with E-state index in [1.165, 1.54) is 11.3 Å². The summed E-state index contributed by atoms with van der Waals surface area (Å²) in [6.45, 7) is 5.66. The van der Waals surface area contributed by atoms with Gasteiger partial charge in [-0.15, -0.1) is 0 Å². The fourth-order valence-electron chi connectivity index (χ4n) is 2.95. The number of nitrogens with zero attached hydrogens (tertiary/aromatic N) is 2. The normalized spacial score (nSPS) is 15.8. The van der Waals surface area contributed by atoms with E-state index in [1.54, 1.807) is 7.11 Å². The van der Waals surface area contributed by atoms with E-state index in [9.17, 15) is 0 Å². The Labute approximate surface area is 133 Å². The largest absolute Gasteiger partial charge is 0.497 e. The summed E-state index contributed by atoms with van der Waals surface area (Å²) in [6, 6.07) is 19.1. The van der Waals surface area contributed by atoms with E-state index in [4.69, 9.17) is 4.74 Å². The number of para-hydroxylation sites is 1. The molecule has 1 aliphatic rings. The first-order valence-electron chi connectivity index (χ1n) is 8.00. The van der Waals surface area contributed by atoms with Gasteiger partial charge in [0, 0.05) is 38.4 Å². The van der Waals surface area contributed by atoms with Crippen LogP contribution in [0.4, 0.5) is 5.69 Å². The Hall–Kier alpha value is -2.00. The molecule has 3 heteroatoms. The third-order valence-corrected chi connectivity index (χ3v) is 4.37. The van der Waals surface area contributed by atoms with Crippen LogP contribution < -0.4 is 9.64 Å². The van der Waals surface area contributed by atoms with Crippen LogP contribution in [-0.4, -0.2) is 44.7 Å². The van der Waals surface area contributed by atoms with Crippen LogP contribution >= 0.6 is 0 Å². The maximum absolute atomic E-state index is 5.20. The summed E-state index contributed by atoms with van der Waals surface area (Å²) in [5.41, 5.74) is 2.73. The predicted molar refractivity (Wildman–Crippen MR) is 91.8 cm³/mol. The van der Waals surface area contributed by atoms with Crippen molar-refractivity contribution in [2.24, 2.45) is 0 Å². The predicted octanol–water partition coefficient (Wildman–Crippen LogP) is 3.06. The molecule has 116 valence electrons. The number of methoxy groups -OCH3 is 1. The third kappa shape index (κ3) is 3.80. The Balaban J connectivity index is 1.45. The highest BCUT2D eigenvalue weighted by molar-refractivity contribution is 5.46. The maximum Gasteiger partial charge on any atom is 0.118 e. The van der Waals surface area contributed by atoms with Gasteiger partial charge in [-0.3, -0.25) is 4.90 Å². The minimum atomic E-state index is 0.931. The average Bonchev–Trinajstić information content (AvgIpc) is 2.61. The molecule has 2 aromatic carbocycles. The van der Waals surface area contributed by atoms with Crippen molar-refractivity contribution < 1.29 is 4.74 Å². The maximum atomic E-state index is 5.20. The Morgan fingerprint density at radius 2 is 1.55 bits per heavy atom. The van der Waals surface area contributed by atoms with Crippen molar-refractivity contribution in [3.05, 3.63) is 60.2 Å². The lowest BCUT2D eigenvalue weighted by molar-refractivity contribution is 0.261. The highest BCUT2D eigenvalue weighted by atomic mass is 16.5. The molecule has 0 spiro atoms. The molecule has 0 saturated carbocycles. The molecule has 1 aliphatic heterocycles. The minimum Gasteiger partial charge on any atom is -0.497 e. The number of benzene rings is 2. The number of anilines is 1. The number of piperazine rings is 1. The van der Waals surface area contributed by atoms with Gasteiger partial charge in [0.25, 0.3) is 0 Å². The molecule has 1 fully saturated rings. The molecule has 2 aromatic rings. The van der Waals surface area contributed by atoms with Crippen molar-refractivity contribution >= 4 is 5.69 Å². The Bertz CT molecular complexity index is 560. The average molecular weight is 296 g/mol. The summed E-state index contributed by atoms with van der Waals surface area (Å²) in [7, 11) is 1.71. The summed E-state index contributed by atoms with van der Waals surface area (Å²) >= 11 is 0. The smallest absolute Gasteiger partial charge is 0.118 e. The first-order valence-corrected chi connectivity index (χ1v) is 8.00. The van der Waals surface area contributed by atoms with Gasteiger partial charge in [-0.2, -0.15) is 0 Å². The third-order valence-electron chi connectivity index (χ3n) is 4.37. The van der Waals surface area contributed by atoms with Crippen LogP contribution in [-0.2, 0) is 6.42 Å². The second kappa shape index (κ2) is 7.32. The van der Waals surface area contributed by atoms with Crippen molar-refractivity contribution in [1.29, 1.82) is 0 Å². The van der Waals surface area contributed by atoms with Crippen LogP contribution in [0.15, 0.2) is 54.6 Å². The van der Waals surface area contributed by atoms with Gasteiger partial charge < -0.3 is 9.64 Å². The Kier molecular flexibility index (Phi) is 4.96. The summed E-state index contributed by atoms with van der Waals surface area (Å²) in [5.74, 6) is 0.931. The molecular formula is C19H24N2O. The second-order valence-corrected chi connectivity index (χ2v) is 5.76. The zero-order valence-electron chi connectivity index (χ0n) is 13.2. The molecule has 1 saturated heterocycles. The van der Waals surface area contributed by atoms with Gasteiger partial charge in [0.05, 0.1) is 7.11 Å². The summed E-state index contributed by atoms with van der Waals surface area (Å²) in [4.78, 5) is 5.04. The molecule has 0 aromatic heterocycles. The van der Waals surface area contributed by atoms with Crippen LogP contribution in [0.2, 0.25) is 0 Å². The highest BCUT2D eigenvalue weighted by Gasteiger charge is 2.16. The zero-order valence-corrected chi connectivity index (χ0v) is 13.2. The van der Waals surface area contributed by atoms with Gasteiger partial charge in [-0.05, 0) is 36.2 Å². The fourth-order valence-corrected chi connectivity index (χ4v) is 2.95. The molecular weight excluding hydrogens is 272 g/mol. The van der Waals surface area contributed by atoms with Gasteiger partial charge in [0.15, 0.2) is 0 Å². The molecule has 0 bridgehead atoms. The van der Waals surface area contributed by atoms with Crippen molar-refractivity contribution in [2.45, 2.75) is 6.42 Å². The van der Waals surface area contributed by atoms with E-state index < -0.39 is 0 Å². The fraction of sp³-hybridized carbons (Fsp3) is 0.368. The number of ether oxygens (including phenoxy) is 1. The molecule has 0 unspecified atom stereocenters. The van der Waals surface area contributed by atoms with Crippen LogP contribution in [0.5, 0.6) is 5.75 Å². The monoisotopic (exact) mass is 296 g/mol. The zero-order chi connectivity index (χ0) is 15.2. The molecule has 0 N–H and O–H groups in total. The van der Waals surface area contributed by atoms with Gasteiger partial charge in [-0.25, -0.2) is 0 Å². The van der Waals surface area contributed by atoms with E-state index in [0.717, 1.165) is 44.9 Å². The van der Waals surface area contributed by atoms with Crippen molar-refractivity contribution in [3.63, 3.8) is 0 Å². The molecule has 0 radical (unpaired) electrons. The lowest BCUT2D eigenvalue weighted by atomic mass is 10.1. The first-order chi connectivity index (χ1) is 10.8. The van der Waals surface area contributed by atoms with Gasteiger partial charge in [0.2, 0.25) is 0 Å². The summed E-state index contributed by atoms with van der Waals surface area (Å²) < 4.78 is 5.20. The Morgan fingerprint density at radius 1 is 0.864 bits per heavy atom. The van der Waals surface area contributed by atoms with Crippen molar-refractivity contribution in [2.75, 3.05) is 44.7 Å². The van der Waals surface area contributed by atoms with Gasteiger partial charge in [-0.1, -0.05) is 30.3 Å². The molecule has 22 heavy (non-hydrogen) atoms. The van der Waals surface area contributed by atoms with E-state index in [1.807, 2.05) is 12.1 Å². The van der Waals surface area contributed by atoms with E-state index in [-0.39, 0.29) is 0 Å². The molecule has 1 heterocycles. The minimum absolute atomic E-state index is 0.931. The number of hydrogen-bond donors (Lipinski definition) is 0. The van der Waals surface area contributed by atoms with Crippen molar-refractivity contribution in [3.8, 4) is 5.75 Å². The molecule has 3 nitrogen and oxygen atoms in total. The second-order valence-electron chi connectivity index (χ2n) is 5.76. The summed E-state index contributed by atoms with van der Waals surface area (Å²) in [6.07, 6.45) is 1.11. The topological polar surface area (TPSA) is 15.7 Å². The van der Waals surface area contributed by atoms with Gasteiger partial charge in [0.1, 0.15) is 5.75 Å². The lowest BCUT2D eigenvalue weighted by Crippen LogP contribution is -2.46. The van der Waals surface area contributed by atoms with Crippen LogP contribution in [0.3, 0.4) is 0 Å². The lowest BCUT2D eigenvalue weighted by Gasteiger charge is -2.36. The number of rotatable bonds is 5. The van der Waals surface area contributed by atoms with Crippen LogP contribution in [0.1, 0.15) is 5.56 Å². The highest BCUT2D eigenvalue weighted by Crippen LogP contribution is 2.16. The van der Waals surface area contributed by atoms with Crippen molar-refractivity contribution in [1.82, 2.24) is 4.90 Å². The quantitative estimate of drug-likeness (QED) is 0.843. The van der Waals surface area contributed by atoms with Gasteiger partial charge >= 0.3 is 0 Å². The van der Waals surface area contributed by atoms with E-state index in [0.29, 0.717) is 0 Å². The SMILES string of the molecule is COc1ccc(CCN2CCN(c3ccccc3)CC2)cc1. The first kappa shape index (κ1) is 14.9. The van der Waals surface area contributed by atoms with Crippen LogP contribution in [0, 0.1) is 0 Å². The molecule has 3 rings (SSSR count). The standard InChI is InChI=1S/C19H24N2O/c1-22-19-9-7-17(8-10-19)11-12-20-13-15-21(16-14-20)18-5-3-2-4-6-18/h2-10H,11-16H2,1H3. The molecule has 0 atom stereocenters. The van der Waals surface area contributed by atoms with Crippen LogP contribution in [0.25, 0.3) is 0 Å².